The lowest BCUT2D eigenvalue weighted by atomic mass is 9.86. The maximum atomic E-state index is 12.5. The molecule has 0 saturated carbocycles. The van der Waals surface area contributed by atoms with Crippen molar-refractivity contribution < 1.29 is 19.0 Å². The summed E-state index contributed by atoms with van der Waals surface area (Å²) in [6, 6.07) is 3.49. The Balaban J connectivity index is 2.25. The van der Waals surface area contributed by atoms with Gasteiger partial charge in [-0.3, -0.25) is 9.59 Å². The molecule has 0 radical (unpaired) electrons. The number of carbonyl (C=O) groups excluding carboxylic acids is 1. The molecule has 1 atom stereocenters. The third-order valence-electron chi connectivity index (χ3n) is 4.18. The molecule has 1 aliphatic heterocycles. The van der Waals surface area contributed by atoms with Crippen molar-refractivity contribution in [2.75, 3.05) is 26.6 Å². The Morgan fingerprint density at radius 2 is 1.80 bits per heavy atom. The standard InChI is InChI=1S/C17H19N3O5/c1-8-18-16-13(17(22)19-8)10(7-12(21)20-16)9-5-6-11(23-2)15(25-4)14(9)24-3/h5-6,10H,7H2,1-4H3,(H2,18,19,20,21,22)/t10-/m1/s1. The van der Waals surface area contributed by atoms with E-state index in [4.69, 9.17) is 14.2 Å². The van der Waals surface area contributed by atoms with Gasteiger partial charge in [0.1, 0.15) is 11.6 Å². The van der Waals surface area contributed by atoms with E-state index in [1.807, 2.05) is 0 Å². The minimum absolute atomic E-state index is 0.104. The normalized spacial score (nSPS) is 16.0. The lowest BCUT2D eigenvalue weighted by Gasteiger charge is -2.26. The van der Waals surface area contributed by atoms with Crippen LogP contribution in [-0.4, -0.2) is 37.2 Å². The van der Waals surface area contributed by atoms with Crippen LogP contribution in [0, 0.1) is 6.92 Å². The summed E-state index contributed by atoms with van der Waals surface area (Å²) < 4.78 is 16.2. The van der Waals surface area contributed by atoms with Crippen LogP contribution in [0.4, 0.5) is 5.82 Å². The van der Waals surface area contributed by atoms with Gasteiger partial charge in [-0.25, -0.2) is 4.98 Å². The Morgan fingerprint density at radius 1 is 1.08 bits per heavy atom. The number of aromatic nitrogens is 2. The third-order valence-corrected chi connectivity index (χ3v) is 4.18. The number of carbonyl (C=O) groups is 1. The van der Waals surface area contributed by atoms with Crippen LogP contribution in [0.3, 0.4) is 0 Å². The zero-order valence-electron chi connectivity index (χ0n) is 14.4. The average molecular weight is 345 g/mol. The van der Waals surface area contributed by atoms with Crippen LogP contribution in [0.15, 0.2) is 16.9 Å². The molecule has 2 aromatic rings. The first-order valence-corrected chi connectivity index (χ1v) is 7.69. The summed E-state index contributed by atoms with van der Waals surface area (Å²) in [6.07, 6.45) is 0.104. The number of hydrogen-bond acceptors (Lipinski definition) is 6. The average Bonchev–Trinajstić information content (AvgIpc) is 2.58. The molecule has 0 unspecified atom stereocenters. The number of aromatic amines is 1. The van der Waals surface area contributed by atoms with E-state index in [1.54, 1.807) is 19.1 Å². The maximum Gasteiger partial charge on any atom is 0.256 e. The number of hydrogen-bond donors (Lipinski definition) is 2. The summed E-state index contributed by atoms with van der Waals surface area (Å²) >= 11 is 0. The second-order valence-corrected chi connectivity index (χ2v) is 5.64. The second-order valence-electron chi connectivity index (χ2n) is 5.64. The van der Waals surface area contributed by atoms with Crippen molar-refractivity contribution >= 4 is 11.7 Å². The molecular weight excluding hydrogens is 326 g/mol. The van der Waals surface area contributed by atoms with E-state index in [1.165, 1.54) is 21.3 Å². The van der Waals surface area contributed by atoms with Gasteiger partial charge >= 0.3 is 0 Å². The fourth-order valence-electron chi connectivity index (χ4n) is 3.15. The molecule has 132 valence electrons. The number of nitrogens with one attached hydrogen (secondary N) is 2. The molecule has 3 rings (SSSR count). The lowest BCUT2D eigenvalue weighted by Crippen LogP contribution is -2.31. The van der Waals surface area contributed by atoms with Crippen molar-refractivity contribution in [2.24, 2.45) is 0 Å². The maximum absolute atomic E-state index is 12.5. The van der Waals surface area contributed by atoms with Crippen LogP contribution in [0.25, 0.3) is 0 Å². The Kier molecular flexibility index (Phi) is 4.35. The van der Waals surface area contributed by atoms with Gasteiger partial charge in [0.2, 0.25) is 11.7 Å². The number of anilines is 1. The van der Waals surface area contributed by atoms with Gasteiger partial charge in [0.05, 0.1) is 26.9 Å². The molecule has 0 fully saturated rings. The summed E-state index contributed by atoms with van der Waals surface area (Å²) in [5.74, 6) is 1.32. The predicted molar refractivity (Wildman–Crippen MR) is 90.8 cm³/mol. The number of ether oxygens (including phenoxy) is 3. The van der Waals surface area contributed by atoms with Crippen LogP contribution in [-0.2, 0) is 4.79 Å². The fourth-order valence-corrected chi connectivity index (χ4v) is 3.15. The van der Waals surface area contributed by atoms with Crippen molar-refractivity contribution in [2.45, 2.75) is 19.3 Å². The third kappa shape index (κ3) is 2.79. The summed E-state index contributed by atoms with van der Waals surface area (Å²) in [5, 5.41) is 2.66. The topological polar surface area (TPSA) is 103 Å². The van der Waals surface area contributed by atoms with Crippen molar-refractivity contribution in [1.29, 1.82) is 0 Å². The summed E-state index contributed by atoms with van der Waals surface area (Å²) in [4.78, 5) is 31.6. The van der Waals surface area contributed by atoms with Gasteiger partial charge in [0, 0.05) is 17.9 Å². The Morgan fingerprint density at radius 3 is 2.44 bits per heavy atom. The number of benzene rings is 1. The molecule has 8 nitrogen and oxygen atoms in total. The van der Waals surface area contributed by atoms with Gasteiger partial charge in [-0.1, -0.05) is 6.07 Å². The van der Waals surface area contributed by atoms with E-state index in [0.717, 1.165) is 0 Å². The van der Waals surface area contributed by atoms with E-state index in [-0.39, 0.29) is 23.7 Å². The number of methoxy groups -OCH3 is 3. The SMILES string of the molecule is COc1ccc([C@H]2CC(=O)Nc3nc(C)[nH]c(=O)c32)c(OC)c1OC. The molecule has 1 aromatic carbocycles. The van der Waals surface area contributed by atoms with E-state index in [0.29, 0.717) is 34.2 Å². The van der Waals surface area contributed by atoms with Crippen molar-refractivity contribution in [3.8, 4) is 17.2 Å². The quantitative estimate of drug-likeness (QED) is 0.872. The molecule has 1 aliphatic rings. The Bertz CT molecular complexity index is 891. The molecule has 0 spiro atoms. The fraction of sp³-hybridized carbons (Fsp3) is 0.353. The van der Waals surface area contributed by atoms with Gasteiger partial charge in [-0.15, -0.1) is 0 Å². The monoisotopic (exact) mass is 345 g/mol. The largest absolute Gasteiger partial charge is 0.493 e. The van der Waals surface area contributed by atoms with E-state index >= 15 is 0 Å². The summed E-state index contributed by atoms with van der Waals surface area (Å²) in [7, 11) is 4.53. The number of amides is 1. The molecule has 0 saturated heterocycles. The summed E-state index contributed by atoms with van der Waals surface area (Å²) in [6.45, 7) is 1.66. The molecule has 1 amide bonds. The minimum atomic E-state index is -0.504. The molecule has 0 aliphatic carbocycles. The van der Waals surface area contributed by atoms with E-state index in [2.05, 4.69) is 15.3 Å². The van der Waals surface area contributed by atoms with Gasteiger partial charge in [-0.2, -0.15) is 0 Å². The zero-order valence-corrected chi connectivity index (χ0v) is 14.4. The summed E-state index contributed by atoms with van der Waals surface area (Å²) in [5.41, 5.74) is 0.771. The van der Waals surface area contributed by atoms with Crippen LogP contribution < -0.4 is 25.1 Å². The lowest BCUT2D eigenvalue weighted by molar-refractivity contribution is -0.116. The van der Waals surface area contributed by atoms with Crippen LogP contribution in [0.1, 0.15) is 29.3 Å². The van der Waals surface area contributed by atoms with Gasteiger partial charge in [0.25, 0.3) is 5.56 Å². The first-order chi connectivity index (χ1) is 12.0. The molecule has 1 aromatic heterocycles. The first kappa shape index (κ1) is 16.8. The Hall–Kier alpha value is -3.03. The molecule has 2 N–H and O–H groups in total. The number of H-pyrrole nitrogens is 1. The second kappa shape index (κ2) is 6.46. The number of nitrogens with zero attached hydrogens (tertiary/aromatic N) is 1. The molecule has 2 heterocycles. The zero-order chi connectivity index (χ0) is 18.1. The highest BCUT2D eigenvalue weighted by Gasteiger charge is 2.33. The van der Waals surface area contributed by atoms with Crippen LogP contribution in [0.2, 0.25) is 0 Å². The number of aryl methyl sites for hydroxylation is 1. The van der Waals surface area contributed by atoms with Gasteiger partial charge in [0.15, 0.2) is 11.5 Å². The molecule has 8 heteroatoms. The first-order valence-electron chi connectivity index (χ1n) is 7.69. The highest BCUT2D eigenvalue weighted by Crippen LogP contribution is 2.46. The molecule has 25 heavy (non-hydrogen) atoms. The van der Waals surface area contributed by atoms with E-state index < -0.39 is 5.92 Å². The highest BCUT2D eigenvalue weighted by atomic mass is 16.5. The smallest absolute Gasteiger partial charge is 0.256 e. The van der Waals surface area contributed by atoms with Crippen molar-refractivity contribution in [3.05, 3.63) is 39.4 Å². The van der Waals surface area contributed by atoms with Gasteiger partial charge in [-0.05, 0) is 13.0 Å². The Labute approximate surface area is 144 Å². The molecule has 0 bridgehead atoms. The van der Waals surface area contributed by atoms with Crippen molar-refractivity contribution in [3.63, 3.8) is 0 Å². The highest BCUT2D eigenvalue weighted by molar-refractivity contribution is 5.94. The minimum Gasteiger partial charge on any atom is -0.493 e. The van der Waals surface area contributed by atoms with Crippen LogP contribution >= 0.6 is 0 Å². The number of rotatable bonds is 4. The molecular formula is C17H19N3O5. The number of fused-ring (bicyclic) bond motifs is 1. The predicted octanol–water partition coefficient (Wildman–Crippen LogP) is 1.58. The van der Waals surface area contributed by atoms with E-state index in [9.17, 15) is 9.59 Å². The van der Waals surface area contributed by atoms with Crippen LogP contribution in [0.5, 0.6) is 17.2 Å². The van der Waals surface area contributed by atoms with Crippen molar-refractivity contribution in [1.82, 2.24) is 9.97 Å². The van der Waals surface area contributed by atoms with Gasteiger partial charge < -0.3 is 24.5 Å².